The Morgan fingerprint density at radius 1 is 1.33 bits per heavy atom. The number of hydrogen-bond acceptors (Lipinski definition) is 6. The Morgan fingerprint density at radius 3 is 2.70 bits per heavy atom. The van der Waals surface area contributed by atoms with Gasteiger partial charge in [-0.1, -0.05) is 18.2 Å². The molecule has 0 spiro atoms. The van der Waals surface area contributed by atoms with E-state index in [0.29, 0.717) is 0 Å². The first-order valence-electron chi connectivity index (χ1n) is 8.03. The molecule has 2 heterocycles. The van der Waals surface area contributed by atoms with E-state index in [4.69, 9.17) is 15.9 Å². The highest BCUT2D eigenvalue weighted by Crippen LogP contribution is 2.29. The average Bonchev–Trinajstić information content (AvgIpc) is 2.58. The normalized spacial score (nSPS) is 13.3. The van der Waals surface area contributed by atoms with Gasteiger partial charge in [0.15, 0.2) is 17.4 Å². The van der Waals surface area contributed by atoms with Crippen LogP contribution in [0.2, 0.25) is 0 Å². The zero-order valence-electron chi connectivity index (χ0n) is 14.2. The lowest BCUT2D eigenvalue weighted by atomic mass is 10.0. The number of aromatic nitrogens is 1. The fourth-order valence-corrected chi connectivity index (χ4v) is 2.62. The largest absolute Gasteiger partial charge is 0.460 e. The van der Waals surface area contributed by atoms with Crippen molar-refractivity contribution in [3.63, 3.8) is 0 Å². The lowest BCUT2D eigenvalue weighted by Gasteiger charge is -2.30. The van der Waals surface area contributed by atoms with Gasteiger partial charge in [-0.25, -0.2) is 13.8 Å². The summed E-state index contributed by atoms with van der Waals surface area (Å²) in [6.45, 7) is -0.118. The van der Waals surface area contributed by atoms with Gasteiger partial charge in [-0.2, -0.15) is 0 Å². The molecule has 1 aliphatic rings. The van der Waals surface area contributed by atoms with Crippen molar-refractivity contribution in [2.75, 3.05) is 18.0 Å². The highest BCUT2D eigenvalue weighted by Gasteiger charge is 2.27. The van der Waals surface area contributed by atoms with E-state index >= 15 is 0 Å². The number of amidine groups is 1. The third-order valence-electron chi connectivity index (χ3n) is 3.97. The second-order valence-electron chi connectivity index (χ2n) is 6.07. The summed E-state index contributed by atoms with van der Waals surface area (Å²) in [5.74, 6) is -2.36. The zero-order chi connectivity index (χ0) is 19.6. The first kappa shape index (κ1) is 18.4. The van der Waals surface area contributed by atoms with Gasteiger partial charge >= 0.3 is 5.97 Å². The summed E-state index contributed by atoms with van der Waals surface area (Å²) < 4.78 is 33.9. The van der Waals surface area contributed by atoms with Gasteiger partial charge in [0.05, 0.1) is 13.1 Å². The van der Waals surface area contributed by atoms with E-state index in [-0.39, 0.29) is 60.2 Å². The van der Waals surface area contributed by atoms with Gasteiger partial charge in [0, 0.05) is 22.9 Å². The van der Waals surface area contributed by atoms with Crippen molar-refractivity contribution in [2.45, 2.75) is 13.0 Å². The summed E-state index contributed by atoms with van der Waals surface area (Å²) in [4.78, 5) is 28.0. The topological polar surface area (TPSA) is 109 Å². The molecule has 1 aliphatic heterocycles. The van der Waals surface area contributed by atoms with Crippen molar-refractivity contribution in [1.29, 1.82) is 5.41 Å². The minimum Gasteiger partial charge on any atom is -0.460 e. The van der Waals surface area contributed by atoms with Crippen LogP contribution in [0.5, 0.6) is 0 Å². The van der Waals surface area contributed by atoms with Crippen LogP contribution in [0, 0.1) is 17.0 Å². The number of benzene rings is 1. The summed E-state index contributed by atoms with van der Waals surface area (Å²) in [5, 5.41) is 7.03. The molecule has 1 saturated heterocycles. The van der Waals surface area contributed by atoms with Crippen molar-refractivity contribution in [2.24, 2.45) is 5.73 Å². The van der Waals surface area contributed by atoms with Gasteiger partial charge in [0.25, 0.3) is 0 Å². The monoisotopic (exact) mass is 374 g/mol. The van der Waals surface area contributed by atoms with E-state index < -0.39 is 17.6 Å². The molecule has 1 aromatic heterocycles. The Balaban J connectivity index is 1.79. The molecule has 0 radical (unpaired) electrons. The lowest BCUT2D eigenvalue weighted by molar-refractivity contribution is -0.143. The molecule has 0 saturated carbocycles. The Bertz CT molecular complexity index is 925. The van der Waals surface area contributed by atoms with Crippen LogP contribution >= 0.6 is 0 Å². The predicted molar refractivity (Wildman–Crippen MR) is 93.1 cm³/mol. The first-order valence-corrected chi connectivity index (χ1v) is 8.03. The first-order chi connectivity index (χ1) is 12.8. The van der Waals surface area contributed by atoms with E-state index in [2.05, 4.69) is 4.98 Å². The number of anilines is 1. The number of ether oxygens (including phenoxy) is 1. The van der Waals surface area contributed by atoms with E-state index in [1.54, 1.807) is 6.07 Å². The molecule has 1 aromatic carbocycles. The second kappa shape index (κ2) is 7.48. The van der Waals surface area contributed by atoms with Crippen molar-refractivity contribution in [3.05, 3.63) is 47.7 Å². The number of carbonyl (C=O) groups is 2. The van der Waals surface area contributed by atoms with E-state index in [0.717, 1.165) is 6.07 Å². The lowest BCUT2D eigenvalue weighted by Crippen LogP contribution is -2.48. The quantitative estimate of drug-likeness (QED) is 0.453. The molecule has 3 N–H and O–H groups in total. The Morgan fingerprint density at radius 2 is 2.07 bits per heavy atom. The van der Waals surface area contributed by atoms with Crippen LogP contribution in [0.1, 0.15) is 12.0 Å². The van der Waals surface area contributed by atoms with Crippen molar-refractivity contribution < 1.29 is 23.1 Å². The van der Waals surface area contributed by atoms with Gasteiger partial charge in [0.2, 0.25) is 0 Å². The summed E-state index contributed by atoms with van der Waals surface area (Å²) >= 11 is 0. The van der Waals surface area contributed by atoms with Gasteiger partial charge in [-0.3, -0.25) is 15.0 Å². The van der Waals surface area contributed by atoms with Crippen LogP contribution in [0.25, 0.3) is 11.1 Å². The molecule has 27 heavy (non-hydrogen) atoms. The molecule has 9 heteroatoms. The second-order valence-corrected chi connectivity index (χ2v) is 6.07. The van der Waals surface area contributed by atoms with E-state index in [1.165, 1.54) is 23.2 Å². The van der Waals surface area contributed by atoms with Gasteiger partial charge < -0.3 is 15.4 Å². The molecule has 1 fully saturated rings. The minimum atomic E-state index is -0.742. The maximum absolute atomic E-state index is 14.7. The molecule has 3 rings (SSSR count). The molecular weight excluding hydrogens is 358 g/mol. The van der Waals surface area contributed by atoms with Crippen molar-refractivity contribution in [1.82, 2.24) is 4.98 Å². The van der Waals surface area contributed by atoms with Crippen molar-refractivity contribution in [3.8, 4) is 11.1 Å². The zero-order valence-corrected chi connectivity index (χ0v) is 14.2. The summed E-state index contributed by atoms with van der Waals surface area (Å²) in [6, 6.07) is 5.59. The number of nitrogens with one attached hydrogen (secondary N) is 1. The smallest absolute Gasteiger partial charge is 0.313 e. The molecular formula is C18H16F2N4O3. The fraction of sp³-hybridized carbons (Fsp3) is 0.222. The highest BCUT2D eigenvalue weighted by molar-refractivity contribution is 5.95. The SMILES string of the molecule is N=C(N)CC(=O)OCc1cccc(-c2cnc(N3CC(=O)C3)c(F)c2)c1F. The standard InChI is InChI=1S/C18H16F2N4O3/c19-14-4-11(6-23-18(14)24-7-12(25)8-24)13-3-1-2-10(17(13)20)9-27-16(26)5-15(21)22/h1-4,6H,5,7-9H2,(H3,21,22). The number of esters is 1. The number of nitrogens with zero attached hydrogens (tertiary/aromatic N) is 2. The van der Waals surface area contributed by atoms with Gasteiger partial charge in [0.1, 0.15) is 24.7 Å². The van der Waals surface area contributed by atoms with Crippen LogP contribution in [-0.4, -0.2) is 35.7 Å². The van der Waals surface area contributed by atoms with Crippen LogP contribution in [0.15, 0.2) is 30.5 Å². The van der Waals surface area contributed by atoms with Crippen LogP contribution in [-0.2, 0) is 20.9 Å². The Kier molecular flexibility index (Phi) is 5.11. The summed E-state index contributed by atoms with van der Waals surface area (Å²) in [7, 11) is 0. The molecule has 0 unspecified atom stereocenters. The number of nitrogens with two attached hydrogens (primary N) is 1. The molecule has 0 aliphatic carbocycles. The molecule has 0 atom stereocenters. The number of ketones is 1. The number of rotatable bonds is 6. The third-order valence-corrected chi connectivity index (χ3v) is 3.97. The number of carbonyl (C=O) groups excluding carboxylic acids is 2. The maximum Gasteiger partial charge on any atom is 0.313 e. The number of hydrogen-bond donors (Lipinski definition) is 2. The predicted octanol–water partition coefficient (Wildman–Crippen LogP) is 1.79. The fourth-order valence-electron chi connectivity index (χ4n) is 2.62. The van der Waals surface area contributed by atoms with Crippen LogP contribution in [0.4, 0.5) is 14.6 Å². The van der Waals surface area contributed by atoms with Gasteiger partial charge in [-0.15, -0.1) is 0 Å². The van der Waals surface area contributed by atoms with Crippen LogP contribution in [0.3, 0.4) is 0 Å². The number of pyridine rings is 1. The van der Waals surface area contributed by atoms with Crippen molar-refractivity contribution >= 4 is 23.4 Å². The highest BCUT2D eigenvalue weighted by atomic mass is 19.1. The molecule has 140 valence electrons. The third kappa shape index (κ3) is 4.08. The average molecular weight is 374 g/mol. The molecule has 0 amide bonds. The Hall–Kier alpha value is -3.36. The van der Waals surface area contributed by atoms with E-state index in [1.807, 2.05) is 0 Å². The summed E-state index contributed by atoms with van der Waals surface area (Å²) in [5.41, 5.74) is 5.53. The van der Waals surface area contributed by atoms with E-state index in [9.17, 15) is 18.4 Å². The minimum absolute atomic E-state index is 0.00153. The maximum atomic E-state index is 14.7. The molecule has 0 bridgehead atoms. The van der Waals surface area contributed by atoms with Crippen LogP contribution < -0.4 is 10.6 Å². The number of halogens is 2. The number of Topliss-reactive ketones (excluding diaryl/α,β-unsaturated/α-hetero) is 1. The Labute approximate surface area is 153 Å². The van der Waals surface area contributed by atoms with Gasteiger partial charge in [-0.05, 0) is 6.07 Å². The summed E-state index contributed by atoms with van der Waals surface area (Å²) in [6.07, 6.45) is 0.946. The molecule has 2 aromatic rings. The molecule has 7 nitrogen and oxygen atoms in total.